The topological polar surface area (TPSA) is 85.0 Å². The third-order valence-corrected chi connectivity index (χ3v) is 3.97. The van der Waals surface area contributed by atoms with Crippen molar-refractivity contribution in [1.29, 1.82) is 0 Å². The van der Waals surface area contributed by atoms with Crippen LogP contribution in [0.4, 0.5) is 5.69 Å². The highest BCUT2D eigenvalue weighted by molar-refractivity contribution is 6.00. The average Bonchev–Trinajstić information content (AvgIpc) is 3.05. The van der Waals surface area contributed by atoms with Crippen molar-refractivity contribution in [2.75, 3.05) is 25.6 Å². The number of nitrogens with zero attached hydrogens (tertiary/aromatic N) is 1. The van der Waals surface area contributed by atoms with E-state index in [9.17, 15) is 9.90 Å². The van der Waals surface area contributed by atoms with Gasteiger partial charge in [0, 0.05) is 30.8 Å². The fourth-order valence-electron chi connectivity index (χ4n) is 2.68. The van der Waals surface area contributed by atoms with E-state index in [0.717, 1.165) is 6.42 Å². The van der Waals surface area contributed by atoms with Crippen molar-refractivity contribution in [3.05, 3.63) is 17.7 Å². The van der Waals surface area contributed by atoms with Crippen molar-refractivity contribution >= 4 is 11.6 Å². The number of hydrogen-bond donors (Lipinski definition) is 2. The molecule has 0 aromatic heterocycles. The second kappa shape index (κ2) is 4.86. The van der Waals surface area contributed by atoms with Gasteiger partial charge in [-0.1, -0.05) is 0 Å². The highest BCUT2D eigenvalue weighted by Gasteiger charge is 2.31. The fraction of sp³-hybridized carbons (Fsp3) is 0.500. The molecule has 1 saturated heterocycles. The summed E-state index contributed by atoms with van der Waals surface area (Å²) in [5.74, 6) is 1.13. The molecule has 2 atom stereocenters. The predicted octanol–water partition coefficient (Wildman–Crippen LogP) is 0.840. The maximum absolute atomic E-state index is 12.5. The monoisotopic (exact) mass is 278 g/mol. The first kappa shape index (κ1) is 13.1. The molecule has 1 aromatic rings. The normalized spacial score (nSPS) is 22.1. The number of ether oxygens (including phenoxy) is 2. The summed E-state index contributed by atoms with van der Waals surface area (Å²) < 4.78 is 10.5. The maximum atomic E-state index is 12.5. The second-order valence-electron chi connectivity index (χ2n) is 5.33. The third kappa shape index (κ3) is 2.16. The molecule has 1 fully saturated rings. The third-order valence-electron chi connectivity index (χ3n) is 3.97. The number of rotatable bonds is 2. The molecule has 2 aliphatic rings. The molecule has 20 heavy (non-hydrogen) atoms. The molecule has 0 bridgehead atoms. The van der Waals surface area contributed by atoms with E-state index < -0.39 is 6.10 Å². The lowest BCUT2D eigenvalue weighted by molar-refractivity contribution is 0.0763. The lowest BCUT2D eigenvalue weighted by Gasteiger charge is -2.19. The smallest absolute Gasteiger partial charge is 0.256 e. The summed E-state index contributed by atoms with van der Waals surface area (Å²) in [4.78, 5) is 14.2. The molecule has 0 radical (unpaired) electrons. The second-order valence-corrected chi connectivity index (χ2v) is 5.33. The summed E-state index contributed by atoms with van der Waals surface area (Å²) in [6.07, 6.45) is 0.412. The van der Waals surface area contributed by atoms with Crippen LogP contribution in [0.5, 0.6) is 11.5 Å². The van der Waals surface area contributed by atoms with Crippen LogP contribution in [0.3, 0.4) is 0 Å². The molecule has 0 saturated carbocycles. The minimum atomic E-state index is -0.401. The van der Waals surface area contributed by atoms with Crippen LogP contribution in [0.1, 0.15) is 23.7 Å². The molecule has 3 rings (SSSR count). The molecule has 2 aliphatic heterocycles. The Morgan fingerprint density at radius 1 is 1.45 bits per heavy atom. The summed E-state index contributed by atoms with van der Waals surface area (Å²) in [5, 5.41) is 9.60. The molecule has 6 nitrogen and oxygen atoms in total. The van der Waals surface area contributed by atoms with Gasteiger partial charge < -0.3 is 25.2 Å². The lowest BCUT2D eigenvalue weighted by Crippen LogP contribution is -2.30. The predicted molar refractivity (Wildman–Crippen MR) is 72.7 cm³/mol. The molecular weight excluding hydrogens is 260 g/mol. The first-order chi connectivity index (χ1) is 9.56. The summed E-state index contributed by atoms with van der Waals surface area (Å²) in [6, 6.07) is 3.26. The van der Waals surface area contributed by atoms with Gasteiger partial charge in [0.05, 0.1) is 11.7 Å². The first-order valence-corrected chi connectivity index (χ1v) is 6.72. The first-order valence-electron chi connectivity index (χ1n) is 6.72. The van der Waals surface area contributed by atoms with Crippen molar-refractivity contribution in [2.24, 2.45) is 5.92 Å². The Morgan fingerprint density at radius 3 is 2.80 bits per heavy atom. The van der Waals surface area contributed by atoms with Crippen LogP contribution in [0, 0.1) is 5.92 Å². The van der Waals surface area contributed by atoms with Crippen molar-refractivity contribution < 1.29 is 19.4 Å². The number of carbonyl (C=O) groups is 1. The van der Waals surface area contributed by atoms with Crippen molar-refractivity contribution in [3.63, 3.8) is 0 Å². The van der Waals surface area contributed by atoms with Crippen LogP contribution >= 0.6 is 0 Å². The summed E-state index contributed by atoms with van der Waals surface area (Å²) in [6.45, 7) is 3.11. The van der Waals surface area contributed by atoms with Gasteiger partial charge in [0.25, 0.3) is 5.91 Å². The van der Waals surface area contributed by atoms with Gasteiger partial charge in [0.2, 0.25) is 6.79 Å². The molecule has 2 unspecified atom stereocenters. The van der Waals surface area contributed by atoms with Crippen molar-refractivity contribution in [1.82, 2.24) is 4.90 Å². The van der Waals surface area contributed by atoms with Gasteiger partial charge in [-0.15, -0.1) is 0 Å². The molecular formula is C14H18N2O4. The Balaban J connectivity index is 1.81. The molecule has 2 heterocycles. The van der Waals surface area contributed by atoms with Crippen LogP contribution in [-0.4, -0.2) is 41.9 Å². The molecule has 3 N–H and O–H groups in total. The van der Waals surface area contributed by atoms with Gasteiger partial charge in [0.15, 0.2) is 11.5 Å². The zero-order chi connectivity index (χ0) is 14.3. The lowest BCUT2D eigenvalue weighted by atomic mass is 10.0. The number of nitrogen functional groups attached to an aromatic ring is 1. The number of carbonyl (C=O) groups excluding carboxylic acids is 1. The van der Waals surface area contributed by atoms with E-state index in [2.05, 4.69) is 0 Å². The van der Waals surface area contributed by atoms with E-state index in [0.29, 0.717) is 35.8 Å². The number of benzene rings is 1. The van der Waals surface area contributed by atoms with Crippen LogP contribution < -0.4 is 15.2 Å². The van der Waals surface area contributed by atoms with Gasteiger partial charge in [-0.2, -0.15) is 0 Å². The molecule has 1 aromatic carbocycles. The molecule has 6 heteroatoms. The van der Waals surface area contributed by atoms with Crippen LogP contribution in [0.15, 0.2) is 12.1 Å². The van der Waals surface area contributed by atoms with E-state index >= 15 is 0 Å². The Morgan fingerprint density at radius 2 is 2.15 bits per heavy atom. The van der Waals surface area contributed by atoms with E-state index in [-0.39, 0.29) is 18.6 Å². The number of aliphatic hydroxyl groups is 1. The zero-order valence-electron chi connectivity index (χ0n) is 11.3. The van der Waals surface area contributed by atoms with E-state index in [4.69, 9.17) is 15.2 Å². The van der Waals surface area contributed by atoms with Gasteiger partial charge in [-0.3, -0.25) is 4.79 Å². The highest BCUT2D eigenvalue weighted by atomic mass is 16.7. The van der Waals surface area contributed by atoms with Crippen LogP contribution in [0.25, 0.3) is 0 Å². The van der Waals surface area contributed by atoms with E-state index in [1.807, 2.05) is 0 Å². The quantitative estimate of drug-likeness (QED) is 0.783. The summed E-state index contributed by atoms with van der Waals surface area (Å²) in [7, 11) is 0. The Kier molecular flexibility index (Phi) is 3.17. The van der Waals surface area contributed by atoms with Crippen LogP contribution in [0.2, 0.25) is 0 Å². The molecule has 1 amide bonds. The highest BCUT2D eigenvalue weighted by Crippen LogP contribution is 2.36. The standard InChI is InChI=1S/C14H18N2O4/c1-8(17)9-2-3-16(6-9)14(18)10-4-12-13(5-11(10)15)20-7-19-12/h4-5,8-9,17H,2-3,6-7,15H2,1H3. The number of likely N-dealkylation sites (tertiary alicyclic amines) is 1. The number of nitrogens with two attached hydrogens (primary N) is 1. The minimum absolute atomic E-state index is 0.121. The number of fused-ring (bicyclic) bond motifs is 1. The minimum Gasteiger partial charge on any atom is -0.454 e. The van der Waals surface area contributed by atoms with E-state index in [1.54, 1.807) is 24.0 Å². The molecule has 108 valence electrons. The van der Waals surface area contributed by atoms with Gasteiger partial charge >= 0.3 is 0 Å². The Labute approximate surface area is 117 Å². The van der Waals surface area contributed by atoms with Crippen LogP contribution in [-0.2, 0) is 0 Å². The molecule has 0 aliphatic carbocycles. The Bertz CT molecular complexity index is 544. The summed E-state index contributed by atoms with van der Waals surface area (Å²) in [5.41, 5.74) is 6.74. The number of aliphatic hydroxyl groups excluding tert-OH is 1. The van der Waals surface area contributed by atoms with Gasteiger partial charge in [0.1, 0.15) is 0 Å². The van der Waals surface area contributed by atoms with Crippen molar-refractivity contribution in [3.8, 4) is 11.5 Å². The Hall–Kier alpha value is -1.95. The number of anilines is 1. The molecule has 0 spiro atoms. The maximum Gasteiger partial charge on any atom is 0.256 e. The zero-order valence-corrected chi connectivity index (χ0v) is 11.3. The SMILES string of the molecule is CC(O)C1CCN(C(=O)c2cc3c(cc2N)OCO3)C1. The summed E-state index contributed by atoms with van der Waals surface area (Å²) >= 11 is 0. The largest absolute Gasteiger partial charge is 0.454 e. The van der Waals surface area contributed by atoms with E-state index in [1.165, 1.54) is 0 Å². The number of hydrogen-bond acceptors (Lipinski definition) is 5. The fourth-order valence-corrected chi connectivity index (χ4v) is 2.68. The number of amides is 1. The van der Waals surface area contributed by atoms with Gasteiger partial charge in [-0.25, -0.2) is 0 Å². The van der Waals surface area contributed by atoms with Crippen molar-refractivity contribution in [2.45, 2.75) is 19.4 Å². The van der Waals surface area contributed by atoms with Gasteiger partial charge in [-0.05, 0) is 19.4 Å². The average molecular weight is 278 g/mol.